The summed E-state index contributed by atoms with van der Waals surface area (Å²) in [6, 6.07) is 20.2. The van der Waals surface area contributed by atoms with Crippen molar-refractivity contribution in [1.82, 2.24) is 5.01 Å². The van der Waals surface area contributed by atoms with Gasteiger partial charge in [0, 0.05) is 27.0 Å². The predicted octanol–water partition coefficient (Wildman–Crippen LogP) is 6.48. The Morgan fingerprint density at radius 2 is 1.79 bits per heavy atom. The highest BCUT2D eigenvalue weighted by atomic mass is 79.9. The van der Waals surface area contributed by atoms with E-state index < -0.39 is 0 Å². The van der Waals surface area contributed by atoms with Gasteiger partial charge in [0.2, 0.25) is 6.23 Å². The maximum Gasteiger partial charge on any atom is 0.213 e. The van der Waals surface area contributed by atoms with Gasteiger partial charge in [-0.15, -0.1) is 0 Å². The molecule has 28 heavy (non-hydrogen) atoms. The standard InChI is InChI=1S/C22H15BrClFN2O/c23-15-5-1-14(2-6-15)22-27-20(18-11-16(24)7-10-21(18)28-22)12-19(26-27)13-3-8-17(25)9-4-13/h1-11,20,22H,12H2/t20-,22-/m1/s1. The molecule has 0 amide bonds. The third-order valence-electron chi connectivity index (χ3n) is 5.08. The van der Waals surface area contributed by atoms with Gasteiger partial charge in [0.1, 0.15) is 11.6 Å². The van der Waals surface area contributed by atoms with E-state index in [1.54, 1.807) is 12.1 Å². The van der Waals surface area contributed by atoms with Crippen molar-refractivity contribution in [3.63, 3.8) is 0 Å². The molecule has 0 unspecified atom stereocenters. The highest BCUT2D eigenvalue weighted by molar-refractivity contribution is 9.10. The van der Waals surface area contributed by atoms with Crippen molar-refractivity contribution in [2.45, 2.75) is 18.7 Å². The van der Waals surface area contributed by atoms with E-state index in [1.807, 2.05) is 47.5 Å². The summed E-state index contributed by atoms with van der Waals surface area (Å²) >= 11 is 9.73. The molecule has 6 heteroatoms. The molecule has 140 valence electrons. The van der Waals surface area contributed by atoms with E-state index in [0.717, 1.165) is 32.6 Å². The fourth-order valence-corrected chi connectivity index (χ4v) is 4.17. The van der Waals surface area contributed by atoms with Crippen molar-refractivity contribution < 1.29 is 9.13 Å². The van der Waals surface area contributed by atoms with E-state index in [0.29, 0.717) is 11.4 Å². The molecular weight excluding hydrogens is 443 g/mol. The minimum Gasteiger partial charge on any atom is -0.464 e. The first-order chi connectivity index (χ1) is 13.6. The molecule has 0 N–H and O–H groups in total. The van der Waals surface area contributed by atoms with Crippen molar-refractivity contribution in [2.24, 2.45) is 5.10 Å². The van der Waals surface area contributed by atoms with Crippen LogP contribution >= 0.6 is 27.5 Å². The van der Waals surface area contributed by atoms with Crippen LogP contribution in [0.3, 0.4) is 0 Å². The van der Waals surface area contributed by atoms with Crippen molar-refractivity contribution in [1.29, 1.82) is 0 Å². The van der Waals surface area contributed by atoms with Gasteiger partial charge in [0.15, 0.2) is 0 Å². The van der Waals surface area contributed by atoms with Gasteiger partial charge in [0.25, 0.3) is 0 Å². The Balaban J connectivity index is 1.59. The van der Waals surface area contributed by atoms with Crippen LogP contribution in [0.15, 0.2) is 76.3 Å². The van der Waals surface area contributed by atoms with Crippen LogP contribution in [0.4, 0.5) is 4.39 Å². The van der Waals surface area contributed by atoms with Crippen LogP contribution in [0.25, 0.3) is 0 Å². The number of fused-ring (bicyclic) bond motifs is 3. The normalized spacial score (nSPS) is 20.2. The zero-order valence-electron chi connectivity index (χ0n) is 14.6. The molecule has 0 aliphatic carbocycles. The van der Waals surface area contributed by atoms with E-state index >= 15 is 0 Å². The summed E-state index contributed by atoms with van der Waals surface area (Å²) < 4.78 is 20.7. The van der Waals surface area contributed by atoms with E-state index in [2.05, 4.69) is 15.9 Å². The van der Waals surface area contributed by atoms with E-state index in [9.17, 15) is 4.39 Å². The van der Waals surface area contributed by atoms with Crippen LogP contribution in [-0.4, -0.2) is 10.7 Å². The Hall–Kier alpha value is -2.37. The second kappa shape index (κ2) is 6.90. The summed E-state index contributed by atoms with van der Waals surface area (Å²) in [6.45, 7) is 0. The van der Waals surface area contributed by atoms with E-state index in [4.69, 9.17) is 21.4 Å². The summed E-state index contributed by atoms with van der Waals surface area (Å²) in [5.41, 5.74) is 3.84. The lowest BCUT2D eigenvalue weighted by molar-refractivity contribution is -0.0190. The molecule has 3 aromatic rings. The van der Waals surface area contributed by atoms with Gasteiger partial charge in [-0.25, -0.2) is 9.40 Å². The molecule has 2 heterocycles. The van der Waals surface area contributed by atoms with Gasteiger partial charge in [-0.3, -0.25) is 0 Å². The maximum absolute atomic E-state index is 13.3. The molecule has 2 atom stereocenters. The monoisotopic (exact) mass is 456 g/mol. The molecule has 5 rings (SSSR count). The Labute approximate surface area is 175 Å². The Bertz CT molecular complexity index is 1070. The SMILES string of the molecule is Fc1ccc(C2=NN3[C@H](C2)c2cc(Cl)ccc2O[C@@H]3c2ccc(Br)cc2)cc1. The van der Waals surface area contributed by atoms with E-state index in [1.165, 1.54) is 12.1 Å². The molecule has 0 saturated carbocycles. The number of halogens is 3. The number of hydrogen-bond donors (Lipinski definition) is 0. The number of nitrogens with zero attached hydrogens (tertiary/aromatic N) is 2. The summed E-state index contributed by atoms with van der Waals surface area (Å²) in [7, 11) is 0. The molecule has 0 saturated heterocycles. The fraction of sp³-hybridized carbons (Fsp3) is 0.136. The van der Waals surface area contributed by atoms with Crippen LogP contribution in [-0.2, 0) is 0 Å². The topological polar surface area (TPSA) is 24.8 Å². The molecule has 2 aliphatic heterocycles. The van der Waals surface area contributed by atoms with Gasteiger partial charge < -0.3 is 4.74 Å². The Morgan fingerprint density at radius 1 is 1.04 bits per heavy atom. The minimum absolute atomic E-state index is 0.0103. The number of rotatable bonds is 2. The van der Waals surface area contributed by atoms with Gasteiger partial charge in [-0.1, -0.05) is 51.8 Å². The molecule has 0 radical (unpaired) electrons. The molecule has 2 aliphatic rings. The van der Waals surface area contributed by atoms with Crippen molar-refractivity contribution >= 4 is 33.2 Å². The van der Waals surface area contributed by atoms with Gasteiger partial charge >= 0.3 is 0 Å². The second-order valence-electron chi connectivity index (χ2n) is 6.86. The number of hydrazone groups is 1. The average molecular weight is 458 g/mol. The second-order valence-corrected chi connectivity index (χ2v) is 8.21. The number of ether oxygens (including phenoxy) is 1. The molecule has 0 spiro atoms. The van der Waals surface area contributed by atoms with Gasteiger partial charge in [-0.2, -0.15) is 5.10 Å². The number of hydrogen-bond acceptors (Lipinski definition) is 3. The Morgan fingerprint density at radius 3 is 2.54 bits per heavy atom. The quantitative estimate of drug-likeness (QED) is 0.440. The van der Waals surface area contributed by atoms with Gasteiger partial charge in [-0.05, 0) is 48.0 Å². The van der Waals surface area contributed by atoms with Crippen LogP contribution in [0.1, 0.15) is 35.4 Å². The molecule has 0 fully saturated rings. The van der Waals surface area contributed by atoms with Crippen LogP contribution in [0.2, 0.25) is 5.02 Å². The van der Waals surface area contributed by atoms with Gasteiger partial charge in [0.05, 0.1) is 11.8 Å². The lowest BCUT2D eigenvalue weighted by Gasteiger charge is -2.38. The first-order valence-corrected chi connectivity index (χ1v) is 10.1. The highest BCUT2D eigenvalue weighted by Crippen LogP contribution is 2.48. The molecule has 0 aromatic heterocycles. The summed E-state index contributed by atoms with van der Waals surface area (Å²) in [5.74, 6) is 0.558. The predicted molar refractivity (Wildman–Crippen MR) is 111 cm³/mol. The third kappa shape index (κ3) is 3.09. The van der Waals surface area contributed by atoms with E-state index in [-0.39, 0.29) is 18.1 Å². The number of benzene rings is 3. The van der Waals surface area contributed by atoms with Crippen molar-refractivity contribution in [3.8, 4) is 5.75 Å². The summed E-state index contributed by atoms with van der Waals surface area (Å²) in [5, 5.41) is 7.52. The van der Waals surface area contributed by atoms with Crippen molar-refractivity contribution in [3.05, 3.63) is 98.7 Å². The fourth-order valence-electron chi connectivity index (χ4n) is 3.72. The van der Waals surface area contributed by atoms with Crippen LogP contribution < -0.4 is 4.74 Å². The largest absolute Gasteiger partial charge is 0.464 e. The molecule has 3 nitrogen and oxygen atoms in total. The zero-order chi connectivity index (χ0) is 19.3. The molecule has 3 aromatic carbocycles. The smallest absolute Gasteiger partial charge is 0.213 e. The third-order valence-corrected chi connectivity index (χ3v) is 5.85. The molecular formula is C22H15BrClFN2O. The summed E-state index contributed by atoms with van der Waals surface area (Å²) in [4.78, 5) is 0. The first kappa shape index (κ1) is 17.7. The van der Waals surface area contributed by atoms with Crippen LogP contribution in [0.5, 0.6) is 5.75 Å². The molecule has 0 bridgehead atoms. The Kier molecular flexibility index (Phi) is 4.37. The lowest BCUT2D eigenvalue weighted by atomic mass is 9.96. The van der Waals surface area contributed by atoms with Crippen molar-refractivity contribution in [2.75, 3.05) is 0 Å². The lowest BCUT2D eigenvalue weighted by Crippen LogP contribution is -2.33. The highest BCUT2D eigenvalue weighted by Gasteiger charge is 2.41. The summed E-state index contributed by atoms with van der Waals surface area (Å²) in [6.07, 6.45) is 0.361. The average Bonchev–Trinajstić information content (AvgIpc) is 3.14. The minimum atomic E-state index is -0.343. The zero-order valence-corrected chi connectivity index (χ0v) is 17.0. The van der Waals surface area contributed by atoms with Crippen LogP contribution in [0, 0.1) is 5.82 Å². The first-order valence-electron chi connectivity index (χ1n) is 8.92. The maximum atomic E-state index is 13.3.